The predicted molar refractivity (Wildman–Crippen MR) is 75.3 cm³/mol. The quantitative estimate of drug-likeness (QED) is 0.865. The second kappa shape index (κ2) is 5.85. The highest BCUT2D eigenvalue weighted by Crippen LogP contribution is 2.30. The van der Waals surface area contributed by atoms with Crippen molar-refractivity contribution in [2.24, 2.45) is 0 Å². The van der Waals surface area contributed by atoms with Crippen LogP contribution in [0.1, 0.15) is 12.5 Å². The van der Waals surface area contributed by atoms with Crippen molar-refractivity contribution in [2.75, 3.05) is 5.32 Å². The molecule has 6 heteroatoms. The molecule has 4 nitrogen and oxygen atoms in total. The summed E-state index contributed by atoms with van der Waals surface area (Å²) in [6, 6.07) is 10.2. The molecule has 2 aromatic rings. The van der Waals surface area contributed by atoms with E-state index in [9.17, 15) is 0 Å². The lowest BCUT2D eigenvalue weighted by Gasteiger charge is -2.01. The second-order valence-corrected chi connectivity index (χ2v) is 6.32. The normalized spacial score (nSPS) is 11.8. The molecule has 2 rings (SSSR count). The number of rotatable bonds is 4. The Morgan fingerprint density at radius 2 is 2.28 bits per heavy atom. The third-order valence-electron chi connectivity index (χ3n) is 2.14. The molecule has 0 amide bonds. The predicted octanol–water partition coefficient (Wildman–Crippen LogP) is 3.59. The van der Waals surface area contributed by atoms with E-state index in [-0.39, 0.29) is 5.25 Å². The van der Waals surface area contributed by atoms with E-state index in [4.69, 9.17) is 5.26 Å². The maximum atomic E-state index is 8.74. The van der Waals surface area contributed by atoms with Crippen molar-refractivity contribution in [3.05, 3.63) is 29.8 Å². The molecule has 0 spiro atoms. The van der Waals surface area contributed by atoms with Crippen LogP contribution < -0.4 is 5.32 Å². The molecule has 0 radical (unpaired) electrons. The zero-order chi connectivity index (χ0) is 13.0. The van der Waals surface area contributed by atoms with E-state index in [1.165, 1.54) is 28.7 Å². The standard InChI is InChI=1S/C12H12N4S2/c1-8-4-3-5-10(6-8)14-11-15-16-12(18-11)17-9(2)7-13/h3-6,9H,1-2H3,(H,14,15)/t9-/m0/s1. The van der Waals surface area contributed by atoms with E-state index in [1.807, 2.05) is 38.1 Å². The summed E-state index contributed by atoms with van der Waals surface area (Å²) in [5.41, 5.74) is 2.19. The van der Waals surface area contributed by atoms with E-state index in [2.05, 4.69) is 21.6 Å². The fourth-order valence-corrected chi connectivity index (χ4v) is 3.13. The molecule has 0 saturated carbocycles. The Balaban J connectivity index is 2.05. The fraction of sp³-hybridized carbons (Fsp3) is 0.250. The molecule has 0 saturated heterocycles. The second-order valence-electron chi connectivity index (χ2n) is 3.76. The number of nitrogens with zero attached hydrogens (tertiary/aromatic N) is 3. The average molecular weight is 276 g/mol. The van der Waals surface area contributed by atoms with Crippen molar-refractivity contribution in [1.82, 2.24) is 10.2 Å². The molecule has 1 atom stereocenters. The number of hydrogen-bond donors (Lipinski definition) is 1. The highest BCUT2D eigenvalue weighted by Gasteiger charge is 2.09. The summed E-state index contributed by atoms with van der Waals surface area (Å²) in [7, 11) is 0. The summed E-state index contributed by atoms with van der Waals surface area (Å²) in [6.45, 7) is 3.89. The van der Waals surface area contributed by atoms with E-state index in [1.54, 1.807) is 0 Å². The summed E-state index contributed by atoms with van der Waals surface area (Å²) in [5, 5.41) is 20.7. The zero-order valence-corrected chi connectivity index (χ0v) is 11.7. The van der Waals surface area contributed by atoms with Crippen LogP contribution in [0.3, 0.4) is 0 Å². The van der Waals surface area contributed by atoms with Crippen LogP contribution >= 0.6 is 23.1 Å². The Labute approximate surface area is 114 Å². The largest absolute Gasteiger partial charge is 0.330 e. The number of anilines is 2. The molecular weight excluding hydrogens is 264 g/mol. The summed E-state index contributed by atoms with van der Waals surface area (Å²) in [4.78, 5) is 0. The molecule has 0 bridgehead atoms. The fourth-order valence-electron chi connectivity index (χ4n) is 1.33. The van der Waals surface area contributed by atoms with Crippen LogP contribution in [0.25, 0.3) is 0 Å². The summed E-state index contributed by atoms with van der Waals surface area (Å²) < 4.78 is 0.805. The lowest BCUT2D eigenvalue weighted by atomic mass is 10.2. The molecule has 1 aromatic heterocycles. The topological polar surface area (TPSA) is 61.6 Å². The van der Waals surface area contributed by atoms with Gasteiger partial charge in [-0.15, -0.1) is 10.2 Å². The molecule has 18 heavy (non-hydrogen) atoms. The van der Waals surface area contributed by atoms with E-state index in [0.717, 1.165) is 15.2 Å². The summed E-state index contributed by atoms with van der Waals surface area (Å²) >= 11 is 2.88. The zero-order valence-electron chi connectivity index (χ0n) is 10.0. The Bertz CT molecular complexity index is 573. The van der Waals surface area contributed by atoms with E-state index >= 15 is 0 Å². The van der Waals surface area contributed by atoms with Gasteiger partial charge in [0.2, 0.25) is 5.13 Å². The molecule has 1 N–H and O–H groups in total. The molecule has 0 aliphatic carbocycles. The molecule has 1 heterocycles. The van der Waals surface area contributed by atoms with Gasteiger partial charge in [0.25, 0.3) is 0 Å². The van der Waals surface area contributed by atoms with Crippen LogP contribution in [0.2, 0.25) is 0 Å². The Morgan fingerprint density at radius 3 is 3.00 bits per heavy atom. The number of nitrogens with one attached hydrogen (secondary N) is 1. The lowest BCUT2D eigenvalue weighted by molar-refractivity contribution is 1.01. The molecule has 0 aliphatic heterocycles. The highest BCUT2D eigenvalue weighted by molar-refractivity contribution is 8.01. The molecule has 0 unspecified atom stereocenters. The lowest BCUT2D eigenvalue weighted by Crippen LogP contribution is -1.89. The minimum atomic E-state index is -0.107. The van der Waals surface area contributed by atoms with Gasteiger partial charge < -0.3 is 5.32 Å². The SMILES string of the molecule is Cc1cccc(Nc2nnc(S[C@@H](C)C#N)s2)c1. The molecule has 0 aliphatic rings. The number of thioether (sulfide) groups is 1. The Kier molecular flexibility index (Phi) is 4.18. The van der Waals surface area contributed by atoms with Gasteiger partial charge in [0.15, 0.2) is 4.34 Å². The number of nitriles is 1. The van der Waals surface area contributed by atoms with Crippen molar-refractivity contribution in [3.63, 3.8) is 0 Å². The maximum absolute atomic E-state index is 8.74. The minimum Gasteiger partial charge on any atom is -0.330 e. The molecule has 0 fully saturated rings. The van der Waals surface area contributed by atoms with Gasteiger partial charge in [-0.2, -0.15) is 5.26 Å². The van der Waals surface area contributed by atoms with Crippen LogP contribution in [0, 0.1) is 18.3 Å². The van der Waals surface area contributed by atoms with Crippen LogP contribution in [-0.2, 0) is 0 Å². The van der Waals surface area contributed by atoms with Crippen molar-refractivity contribution in [3.8, 4) is 6.07 Å². The van der Waals surface area contributed by atoms with E-state index in [0.29, 0.717) is 0 Å². The van der Waals surface area contributed by atoms with Crippen molar-refractivity contribution >= 4 is 33.9 Å². The Morgan fingerprint density at radius 1 is 1.44 bits per heavy atom. The van der Waals surface area contributed by atoms with Gasteiger partial charge in [-0.05, 0) is 31.5 Å². The number of aryl methyl sites for hydroxylation is 1. The van der Waals surface area contributed by atoms with Gasteiger partial charge in [0, 0.05) is 5.69 Å². The first kappa shape index (κ1) is 12.9. The van der Waals surface area contributed by atoms with Crippen LogP contribution in [0.15, 0.2) is 28.6 Å². The third-order valence-corrected chi connectivity index (χ3v) is 4.05. The third kappa shape index (κ3) is 3.45. The van der Waals surface area contributed by atoms with Crippen molar-refractivity contribution in [1.29, 1.82) is 5.26 Å². The molecular formula is C12H12N4S2. The molecule has 92 valence electrons. The van der Waals surface area contributed by atoms with Gasteiger partial charge in [0.1, 0.15) is 0 Å². The minimum absolute atomic E-state index is 0.107. The first-order valence-corrected chi connectivity index (χ1v) is 7.10. The number of aromatic nitrogens is 2. The number of benzene rings is 1. The van der Waals surface area contributed by atoms with Crippen molar-refractivity contribution < 1.29 is 0 Å². The average Bonchev–Trinajstić information content (AvgIpc) is 2.76. The smallest absolute Gasteiger partial charge is 0.210 e. The first-order chi connectivity index (χ1) is 8.67. The molecule has 1 aromatic carbocycles. The Hall–Kier alpha value is -1.58. The van der Waals surface area contributed by atoms with Gasteiger partial charge >= 0.3 is 0 Å². The van der Waals surface area contributed by atoms with Crippen molar-refractivity contribution in [2.45, 2.75) is 23.4 Å². The van der Waals surface area contributed by atoms with Gasteiger partial charge in [-0.1, -0.05) is 35.2 Å². The first-order valence-electron chi connectivity index (χ1n) is 5.41. The van der Waals surface area contributed by atoms with Crippen LogP contribution in [0.5, 0.6) is 0 Å². The van der Waals surface area contributed by atoms with Gasteiger partial charge in [-0.3, -0.25) is 0 Å². The summed E-state index contributed by atoms with van der Waals surface area (Å²) in [5.74, 6) is 0. The van der Waals surface area contributed by atoms with Gasteiger partial charge in [0.05, 0.1) is 11.3 Å². The van der Waals surface area contributed by atoms with E-state index < -0.39 is 0 Å². The van der Waals surface area contributed by atoms with Crippen LogP contribution in [-0.4, -0.2) is 15.4 Å². The van der Waals surface area contributed by atoms with Crippen LogP contribution in [0.4, 0.5) is 10.8 Å². The van der Waals surface area contributed by atoms with Gasteiger partial charge in [-0.25, -0.2) is 0 Å². The maximum Gasteiger partial charge on any atom is 0.210 e. The number of hydrogen-bond acceptors (Lipinski definition) is 6. The highest BCUT2D eigenvalue weighted by atomic mass is 32.2. The summed E-state index contributed by atoms with van der Waals surface area (Å²) in [6.07, 6.45) is 0. The monoisotopic (exact) mass is 276 g/mol.